The topological polar surface area (TPSA) is 134 Å². The summed E-state index contributed by atoms with van der Waals surface area (Å²) in [5.41, 5.74) is 0. The Morgan fingerprint density at radius 3 is 1.67 bits per heavy atom. The van der Waals surface area contributed by atoms with E-state index in [-0.39, 0.29) is 0 Å². The van der Waals surface area contributed by atoms with Crippen LogP contribution in [0.4, 0.5) is 0 Å². The first-order valence-electron chi connectivity index (χ1n) is 7.08. The van der Waals surface area contributed by atoms with Gasteiger partial charge in [-0.2, -0.15) is 5.11 Å². The summed E-state index contributed by atoms with van der Waals surface area (Å²) in [6.07, 6.45) is -7.32. The van der Waals surface area contributed by atoms with E-state index in [1.54, 1.807) is 0 Å². The number of carbonyl (C=O) groups excluding carboxylic acids is 4. The molecule has 1 aliphatic rings. The van der Waals surface area contributed by atoms with Crippen LogP contribution in [0.15, 0.2) is 0 Å². The molecule has 0 aromatic heterocycles. The molecule has 1 unspecified atom stereocenters. The highest BCUT2D eigenvalue weighted by atomic mass is 16.7. The predicted octanol–water partition coefficient (Wildman–Crippen LogP) is -0.500. The van der Waals surface area contributed by atoms with Gasteiger partial charge in [0.2, 0.25) is 6.29 Å². The van der Waals surface area contributed by atoms with E-state index in [9.17, 15) is 24.3 Å². The molecule has 24 heavy (non-hydrogen) atoms. The van der Waals surface area contributed by atoms with Gasteiger partial charge in [0.15, 0.2) is 18.3 Å². The van der Waals surface area contributed by atoms with Crippen molar-refractivity contribution >= 4 is 23.9 Å². The lowest BCUT2D eigenvalue weighted by Crippen LogP contribution is -2.62. The Morgan fingerprint density at radius 2 is 1.21 bits per heavy atom. The second-order valence-corrected chi connectivity index (χ2v) is 5.07. The Morgan fingerprint density at radius 1 is 0.750 bits per heavy atom. The van der Waals surface area contributed by atoms with Crippen molar-refractivity contribution in [3.05, 3.63) is 0 Å². The van der Waals surface area contributed by atoms with Gasteiger partial charge < -0.3 is 23.7 Å². The van der Waals surface area contributed by atoms with Crippen LogP contribution in [-0.2, 0) is 48.0 Å². The average Bonchev–Trinajstić information content (AvgIpc) is 2.42. The predicted molar refractivity (Wildman–Crippen MR) is 72.6 cm³/mol. The second-order valence-electron chi connectivity index (χ2n) is 5.07. The lowest BCUT2D eigenvalue weighted by Gasteiger charge is -2.41. The van der Waals surface area contributed by atoms with Crippen molar-refractivity contribution in [1.82, 2.24) is 0 Å². The number of hydrogen-bond donors (Lipinski definition) is 0. The van der Waals surface area contributed by atoms with E-state index in [1.807, 2.05) is 0 Å². The molecule has 10 heteroatoms. The highest BCUT2D eigenvalue weighted by Gasteiger charge is 2.52. The summed E-state index contributed by atoms with van der Waals surface area (Å²) in [4.78, 5) is 44.8. The molecule has 0 spiro atoms. The van der Waals surface area contributed by atoms with Crippen molar-refractivity contribution < 1.29 is 48.0 Å². The largest absolute Gasteiger partial charge is 0.463 e. The fourth-order valence-electron chi connectivity index (χ4n) is 2.19. The van der Waals surface area contributed by atoms with Crippen LogP contribution in [0.2, 0.25) is 0 Å². The number of ether oxygens (including phenoxy) is 5. The van der Waals surface area contributed by atoms with Gasteiger partial charge in [-0.1, -0.05) is 0 Å². The summed E-state index contributed by atoms with van der Waals surface area (Å²) in [6, 6.07) is 0. The summed E-state index contributed by atoms with van der Waals surface area (Å²) in [6.45, 7) is 3.97. The molecule has 135 valence electrons. The minimum absolute atomic E-state index is 0.406. The Bertz CT molecular complexity index is 502. The van der Waals surface area contributed by atoms with Crippen LogP contribution in [0.3, 0.4) is 0 Å². The zero-order valence-electron chi connectivity index (χ0n) is 13.7. The van der Waals surface area contributed by atoms with Crippen molar-refractivity contribution in [1.29, 1.82) is 0 Å². The van der Waals surface area contributed by atoms with Crippen LogP contribution < -0.4 is 0 Å². The van der Waals surface area contributed by atoms with Gasteiger partial charge in [-0.15, -0.1) is 0 Å². The van der Waals surface area contributed by atoms with Crippen LogP contribution in [0.25, 0.3) is 0 Å². The molecule has 1 heterocycles. The molecule has 0 aliphatic carbocycles. The molecule has 1 saturated heterocycles. The van der Waals surface area contributed by atoms with E-state index in [4.69, 9.17) is 23.7 Å². The highest BCUT2D eigenvalue weighted by molar-refractivity contribution is 5.68. The van der Waals surface area contributed by atoms with Crippen molar-refractivity contribution in [3.8, 4) is 0 Å². The summed E-state index contributed by atoms with van der Waals surface area (Å²) >= 11 is 0. The number of hydrogen-bond acceptors (Lipinski definition) is 9. The third kappa shape index (κ3) is 5.78. The molecule has 1 rings (SSSR count). The molecule has 1 fully saturated rings. The van der Waals surface area contributed by atoms with E-state index in [1.165, 1.54) is 0 Å². The molecule has 0 bridgehead atoms. The van der Waals surface area contributed by atoms with Gasteiger partial charge >= 0.3 is 23.9 Å². The molecule has 0 aromatic rings. The molecular formula is C14H19O10. The Balaban J connectivity index is 3.11. The molecule has 1 aliphatic heterocycles. The normalized spacial score (nSPS) is 29.3. The smallest absolute Gasteiger partial charge is 0.303 e. The van der Waals surface area contributed by atoms with Gasteiger partial charge in [-0.25, -0.2) is 0 Å². The molecule has 1 radical (unpaired) electrons. The van der Waals surface area contributed by atoms with E-state index in [2.05, 4.69) is 0 Å². The Hall–Kier alpha value is -2.20. The number of carbonyl (C=O) groups is 4. The third-order valence-electron chi connectivity index (χ3n) is 2.95. The van der Waals surface area contributed by atoms with Crippen LogP contribution in [0, 0.1) is 0 Å². The first kappa shape index (κ1) is 19.8. The van der Waals surface area contributed by atoms with E-state index >= 15 is 0 Å². The van der Waals surface area contributed by atoms with E-state index in [0.29, 0.717) is 0 Å². The zero-order valence-corrected chi connectivity index (χ0v) is 13.7. The fourth-order valence-corrected chi connectivity index (χ4v) is 2.19. The van der Waals surface area contributed by atoms with E-state index in [0.717, 1.165) is 27.7 Å². The van der Waals surface area contributed by atoms with Crippen LogP contribution in [-0.4, -0.2) is 61.2 Å². The molecular weight excluding hydrogens is 328 g/mol. The molecule has 0 N–H and O–H groups in total. The fraction of sp³-hybridized carbons (Fsp3) is 0.714. The molecule has 5 atom stereocenters. The maximum absolute atomic E-state index is 12.1. The van der Waals surface area contributed by atoms with Crippen molar-refractivity contribution in [2.45, 2.75) is 58.4 Å². The highest BCUT2D eigenvalue weighted by Crippen LogP contribution is 2.28. The van der Waals surface area contributed by atoms with Crippen LogP contribution >= 0.6 is 0 Å². The van der Waals surface area contributed by atoms with Gasteiger partial charge in [0.05, 0.1) is 0 Å². The van der Waals surface area contributed by atoms with Gasteiger partial charge in [0, 0.05) is 27.7 Å². The van der Waals surface area contributed by atoms with Crippen LogP contribution in [0.5, 0.6) is 0 Å². The maximum atomic E-state index is 12.1. The summed E-state index contributed by atoms with van der Waals surface area (Å²) in [7, 11) is 0. The Labute approximate surface area is 137 Å². The zero-order chi connectivity index (χ0) is 18.4. The molecule has 0 aromatic carbocycles. The van der Waals surface area contributed by atoms with Gasteiger partial charge in [0.1, 0.15) is 12.7 Å². The Kier molecular flexibility index (Phi) is 7.11. The maximum Gasteiger partial charge on any atom is 0.303 e. The second kappa shape index (κ2) is 8.60. The van der Waals surface area contributed by atoms with E-state index < -0.39 is 61.2 Å². The summed E-state index contributed by atoms with van der Waals surface area (Å²) in [5, 5.41) is 12.1. The quantitative estimate of drug-likeness (QED) is 0.476. The van der Waals surface area contributed by atoms with Crippen molar-refractivity contribution in [2.75, 3.05) is 6.61 Å². The van der Waals surface area contributed by atoms with Crippen molar-refractivity contribution in [3.63, 3.8) is 0 Å². The third-order valence-corrected chi connectivity index (χ3v) is 2.95. The number of esters is 4. The first-order chi connectivity index (χ1) is 11.1. The van der Waals surface area contributed by atoms with Crippen LogP contribution in [0.1, 0.15) is 27.7 Å². The lowest BCUT2D eigenvalue weighted by molar-refractivity contribution is -0.310. The molecule has 10 nitrogen and oxygen atoms in total. The summed E-state index contributed by atoms with van der Waals surface area (Å²) in [5.74, 6) is -2.98. The summed E-state index contributed by atoms with van der Waals surface area (Å²) < 4.78 is 24.8. The van der Waals surface area contributed by atoms with Gasteiger partial charge in [0.25, 0.3) is 0 Å². The van der Waals surface area contributed by atoms with Gasteiger partial charge in [-0.3, -0.25) is 19.2 Å². The minimum Gasteiger partial charge on any atom is -0.463 e. The number of rotatable bonds is 5. The lowest BCUT2D eigenvalue weighted by atomic mass is 9.98. The minimum atomic E-state index is -1.93. The molecule has 0 saturated carbocycles. The monoisotopic (exact) mass is 347 g/mol. The average molecular weight is 347 g/mol. The van der Waals surface area contributed by atoms with Gasteiger partial charge in [-0.05, 0) is 0 Å². The van der Waals surface area contributed by atoms with Crippen molar-refractivity contribution in [2.24, 2.45) is 0 Å². The first-order valence-corrected chi connectivity index (χ1v) is 7.08. The standard InChI is InChI=1S/C14H19O10/c1-6(15)20-5-10-11(21-7(2)16)12(22-8(3)17)13(14(19)24-10)23-9(4)18/h10-14H,5H2,1-4H3/t10-,11-,12+,13-,14?/m1/s1. The SMILES string of the molecule is CC(=O)OC[C@H]1OC([O])[C@H](OC(C)=O)[C@@H](OC(C)=O)[C@@H]1OC(C)=O. The molecule has 0 amide bonds.